The molecule has 6 heteroatoms. The number of hydrogen-bond acceptors (Lipinski definition) is 2. The molecule has 1 heterocycles. The maximum atomic E-state index is 12.9. The lowest BCUT2D eigenvalue weighted by atomic mass is 10.3. The zero-order valence-corrected chi connectivity index (χ0v) is 7.94. The SMILES string of the molecule is Oc1cc(C(F)F)nn1-c1cccc(F)c1. The summed E-state index contributed by atoms with van der Waals surface area (Å²) in [4.78, 5) is 0. The van der Waals surface area contributed by atoms with E-state index in [1.165, 1.54) is 18.2 Å². The lowest BCUT2D eigenvalue weighted by Gasteiger charge is -2.02. The number of alkyl halides is 2. The molecule has 1 aromatic heterocycles. The number of aromatic nitrogens is 2. The van der Waals surface area contributed by atoms with Crippen molar-refractivity contribution in [2.75, 3.05) is 0 Å². The van der Waals surface area contributed by atoms with E-state index in [1.54, 1.807) is 0 Å². The Balaban J connectivity index is 2.48. The third-order valence-electron chi connectivity index (χ3n) is 1.99. The van der Waals surface area contributed by atoms with Gasteiger partial charge in [0, 0.05) is 6.07 Å². The van der Waals surface area contributed by atoms with Crippen molar-refractivity contribution >= 4 is 0 Å². The molecule has 0 bridgehead atoms. The Kier molecular flexibility index (Phi) is 2.55. The molecule has 1 N–H and O–H groups in total. The van der Waals surface area contributed by atoms with E-state index in [0.29, 0.717) is 0 Å². The van der Waals surface area contributed by atoms with Crippen molar-refractivity contribution in [3.05, 3.63) is 41.8 Å². The normalized spacial score (nSPS) is 11.0. The van der Waals surface area contributed by atoms with E-state index in [9.17, 15) is 18.3 Å². The van der Waals surface area contributed by atoms with Gasteiger partial charge in [0.25, 0.3) is 6.43 Å². The summed E-state index contributed by atoms with van der Waals surface area (Å²) in [6.07, 6.45) is -2.78. The molecule has 0 unspecified atom stereocenters. The molecule has 0 spiro atoms. The van der Waals surface area contributed by atoms with Gasteiger partial charge in [-0.2, -0.15) is 5.10 Å². The van der Waals surface area contributed by atoms with Gasteiger partial charge in [-0.3, -0.25) is 0 Å². The Hall–Kier alpha value is -1.98. The summed E-state index contributed by atoms with van der Waals surface area (Å²) in [5, 5.41) is 12.8. The van der Waals surface area contributed by atoms with Gasteiger partial charge in [-0.15, -0.1) is 0 Å². The van der Waals surface area contributed by atoms with Crippen LogP contribution >= 0.6 is 0 Å². The molecule has 0 fully saturated rings. The van der Waals surface area contributed by atoms with Crippen LogP contribution in [0.25, 0.3) is 5.69 Å². The molecule has 0 aliphatic heterocycles. The molecule has 0 saturated carbocycles. The van der Waals surface area contributed by atoms with E-state index < -0.39 is 23.8 Å². The van der Waals surface area contributed by atoms with Crippen molar-refractivity contribution in [2.45, 2.75) is 6.43 Å². The minimum absolute atomic E-state index is 0.185. The van der Waals surface area contributed by atoms with Crippen LogP contribution in [0.15, 0.2) is 30.3 Å². The van der Waals surface area contributed by atoms with Crippen LogP contribution in [0, 0.1) is 5.82 Å². The minimum Gasteiger partial charge on any atom is -0.493 e. The third kappa shape index (κ3) is 1.86. The second-order valence-corrected chi connectivity index (χ2v) is 3.12. The molecule has 84 valence electrons. The second-order valence-electron chi connectivity index (χ2n) is 3.12. The summed E-state index contributed by atoms with van der Waals surface area (Å²) in [5.41, 5.74) is -0.369. The quantitative estimate of drug-likeness (QED) is 0.858. The zero-order valence-electron chi connectivity index (χ0n) is 7.94. The Morgan fingerprint density at radius 3 is 2.56 bits per heavy atom. The predicted octanol–water partition coefficient (Wildman–Crippen LogP) is 2.65. The minimum atomic E-state index is -2.78. The van der Waals surface area contributed by atoms with E-state index in [4.69, 9.17) is 0 Å². The summed E-state index contributed by atoms with van der Waals surface area (Å²) >= 11 is 0. The molecule has 0 aliphatic rings. The molecule has 0 aliphatic carbocycles. The van der Waals surface area contributed by atoms with Gasteiger partial charge in [-0.1, -0.05) is 6.07 Å². The van der Waals surface area contributed by atoms with Crippen molar-refractivity contribution in [2.24, 2.45) is 0 Å². The monoisotopic (exact) mass is 228 g/mol. The van der Waals surface area contributed by atoms with Crippen molar-refractivity contribution in [1.29, 1.82) is 0 Å². The first-order valence-corrected chi connectivity index (χ1v) is 4.41. The van der Waals surface area contributed by atoms with E-state index in [-0.39, 0.29) is 5.69 Å². The predicted molar refractivity (Wildman–Crippen MR) is 50.1 cm³/mol. The van der Waals surface area contributed by atoms with Crippen LogP contribution in [-0.4, -0.2) is 14.9 Å². The summed E-state index contributed by atoms with van der Waals surface area (Å²) in [6, 6.07) is 5.98. The number of benzene rings is 1. The molecule has 3 nitrogen and oxygen atoms in total. The fraction of sp³-hybridized carbons (Fsp3) is 0.100. The molecule has 1 aromatic carbocycles. The highest BCUT2D eigenvalue weighted by molar-refractivity contribution is 5.35. The average molecular weight is 228 g/mol. The van der Waals surface area contributed by atoms with Gasteiger partial charge >= 0.3 is 0 Å². The van der Waals surface area contributed by atoms with Crippen molar-refractivity contribution in [1.82, 2.24) is 9.78 Å². The Morgan fingerprint density at radius 2 is 2.00 bits per heavy atom. The smallest absolute Gasteiger partial charge is 0.282 e. The largest absolute Gasteiger partial charge is 0.493 e. The van der Waals surface area contributed by atoms with Gasteiger partial charge < -0.3 is 5.11 Å². The third-order valence-corrected chi connectivity index (χ3v) is 1.99. The summed E-state index contributed by atoms with van der Waals surface area (Å²) in [6.45, 7) is 0. The van der Waals surface area contributed by atoms with Gasteiger partial charge in [0.2, 0.25) is 5.88 Å². The molecule has 0 saturated heterocycles. The standard InChI is InChI=1S/C10H7F3N2O/c11-6-2-1-3-7(4-6)15-9(16)5-8(14-15)10(12)13/h1-5,10,16H. The Morgan fingerprint density at radius 1 is 1.25 bits per heavy atom. The first-order valence-electron chi connectivity index (χ1n) is 4.41. The molecule has 0 radical (unpaired) electrons. The van der Waals surface area contributed by atoms with Gasteiger partial charge in [0.15, 0.2) is 0 Å². The van der Waals surface area contributed by atoms with E-state index >= 15 is 0 Å². The average Bonchev–Trinajstić information content (AvgIpc) is 2.60. The number of rotatable bonds is 2. The Bertz CT molecular complexity index is 511. The summed E-state index contributed by atoms with van der Waals surface area (Å²) in [5.74, 6) is -0.994. The highest BCUT2D eigenvalue weighted by Crippen LogP contribution is 2.24. The lowest BCUT2D eigenvalue weighted by molar-refractivity contribution is 0.145. The van der Waals surface area contributed by atoms with Gasteiger partial charge in [0.1, 0.15) is 11.5 Å². The first-order chi connectivity index (χ1) is 7.58. The zero-order chi connectivity index (χ0) is 11.7. The maximum absolute atomic E-state index is 12.9. The van der Waals surface area contributed by atoms with E-state index in [2.05, 4.69) is 5.10 Å². The van der Waals surface area contributed by atoms with Crippen LogP contribution in [0.3, 0.4) is 0 Å². The number of halogens is 3. The molecule has 16 heavy (non-hydrogen) atoms. The van der Waals surface area contributed by atoms with Crippen LogP contribution in [-0.2, 0) is 0 Å². The maximum Gasteiger partial charge on any atom is 0.282 e. The fourth-order valence-corrected chi connectivity index (χ4v) is 1.29. The van der Waals surface area contributed by atoms with Crippen LogP contribution < -0.4 is 0 Å². The van der Waals surface area contributed by atoms with Gasteiger partial charge in [-0.05, 0) is 18.2 Å². The summed E-state index contributed by atoms with van der Waals surface area (Å²) in [7, 11) is 0. The summed E-state index contributed by atoms with van der Waals surface area (Å²) < 4.78 is 38.3. The van der Waals surface area contributed by atoms with Crippen molar-refractivity contribution in [3.8, 4) is 11.6 Å². The van der Waals surface area contributed by atoms with Crippen molar-refractivity contribution < 1.29 is 18.3 Å². The number of aromatic hydroxyl groups is 1. The van der Waals surface area contributed by atoms with Gasteiger partial charge in [0.05, 0.1) is 5.69 Å². The van der Waals surface area contributed by atoms with Crippen LogP contribution in [0.1, 0.15) is 12.1 Å². The van der Waals surface area contributed by atoms with Crippen molar-refractivity contribution in [3.63, 3.8) is 0 Å². The highest BCUT2D eigenvalue weighted by Gasteiger charge is 2.15. The second kappa shape index (κ2) is 3.88. The topological polar surface area (TPSA) is 38.1 Å². The van der Waals surface area contributed by atoms with Crippen LogP contribution in [0.2, 0.25) is 0 Å². The van der Waals surface area contributed by atoms with E-state index in [0.717, 1.165) is 16.8 Å². The molecule has 2 aromatic rings. The van der Waals surface area contributed by atoms with Crippen LogP contribution in [0.5, 0.6) is 5.88 Å². The molecule has 0 atom stereocenters. The Labute approximate surface area is 88.8 Å². The lowest BCUT2D eigenvalue weighted by Crippen LogP contribution is -1.97. The van der Waals surface area contributed by atoms with Gasteiger partial charge in [-0.25, -0.2) is 17.9 Å². The molecular weight excluding hydrogens is 221 g/mol. The fourth-order valence-electron chi connectivity index (χ4n) is 1.29. The number of hydrogen-bond donors (Lipinski definition) is 1. The number of nitrogens with zero attached hydrogens (tertiary/aromatic N) is 2. The van der Waals surface area contributed by atoms with Crippen LogP contribution in [0.4, 0.5) is 13.2 Å². The van der Waals surface area contributed by atoms with E-state index in [1.807, 2.05) is 0 Å². The molecule has 2 rings (SSSR count). The molecule has 0 amide bonds. The molecular formula is C10H7F3N2O. The first kappa shape index (κ1) is 10.5. The highest BCUT2D eigenvalue weighted by atomic mass is 19.3.